The molecule has 0 aliphatic heterocycles. The molecule has 6 nitrogen and oxygen atoms in total. The third kappa shape index (κ3) is 5.76. The predicted molar refractivity (Wildman–Crippen MR) is 92.4 cm³/mol. The molecule has 0 bridgehead atoms. The number of nitrogens with one attached hydrogen (secondary N) is 3. The van der Waals surface area contributed by atoms with Crippen LogP contribution in [0, 0.1) is 12.7 Å². The smallest absolute Gasteiger partial charge is 0.231 e. The zero-order valence-corrected chi connectivity index (χ0v) is 13.5. The summed E-state index contributed by atoms with van der Waals surface area (Å²) in [6, 6.07) is 7.77. The molecule has 122 valence electrons. The molecule has 0 amide bonds. The van der Waals surface area contributed by atoms with Gasteiger partial charge in [-0.15, -0.1) is 0 Å². The lowest BCUT2D eigenvalue weighted by atomic mass is 10.3. The van der Waals surface area contributed by atoms with Crippen molar-refractivity contribution in [3.8, 4) is 0 Å². The first kappa shape index (κ1) is 17.0. The van der Waals surface area contributed by atoms with E-state index in [9.17, 15) is 4.39 Å². The van der Waals surface area contributed by atoms with Crippen LogP contribution in [-0.4, -0.2) is 33.3 Å². The number of benzene rings is 1. The van der Waals surface area contributed by atoms with Crippen molar-refractivity contribution in [2.45, 2.75) is 13.3 Å². The molecule has 0 radical (unpaired) electrons. The molecule has 23 heavy (non-hydrogen) atoms. The monoisotopic (exact) mass is 335 g/mol. The van der Waals surface area contributed by atoms with Crippen molar-refractivity contribution >= 4 is 34.8 Å². The minimum absolute atomic E-state index is 0.0995. The molecule has 0 saturated heterocycles. The van der Waals surface area contributed by atoms with Crippen molar-refractivity contribution in [3.63, 3.8) is 0 Å². The lowest BCUT2D eigenvalue weighted by Gasteiger charge is -2.11. The first-order valence-corrected chi connectivity index (χ1v) is 7.51. The van der Waals surface area contributed by atoms with Gasteiger partial charge in [0.15, 0.2) is 5.11 Å². The van der Waals surface area contributed by atoms with Crippen molar-refractivity contribution in [3.05, 3.63) is 41.8 Å². The van der Waals surface area contributed by atoms with Gasteiger partial charge >= 0.3 is 0 Å². The van der Waals surface area contributed by atoms with Gasteiger partial charge in [-0.05, 0) is 49.8 Å². The normalized spacial score (nSPS) is 10.2. The quantitative estimate of drug-likeness (QED) is 0.476. The van der Waals surface area contributed by atoms with E-state index in [-0.39, 0.29) is 12.4 Å². The van der Waals surface area contributed by atoms with Crippen LogP contribution in [0.5, 0.6) is 0 Å². The Kier molecular flexibility index (Phi) is 6.19. The van der Waals surface area contributed by atoms with Gasteiger partial charge in [-0.3, -0.25) is 0 Å². The van der Waals surface area contributed by atoms with Crippen molar-refractivity contribution in [1.29, 1.82) is 0 Å². The molecule has 2 rings (SSSR count). The van der Waals surface area contributed by atoms with Gasteiger partial charge in [0.25, 0.3) is 0 Å². The maximum atomic E-state index is 12.9. The molecule has 4 N–H and O–H groups in total. The largest absolute Gasteiger partial charge is 0.396 e. The summed E-state index contributed by atoms with van der Waals surface area (Å²) in [6.45, 7) is 2.50. The van der Waals surface area contributed by atoms with Gasteiger partial charge in [-0.25, -0.2) is 9.37 Å². The summed E-state index contributed by atoms with van der Waals surface area (Å²) in [5.74, 6) is 0.636. The van der Waals surface area contributed by atoms with E-state index in [0.29, 0.717) is 29.8 Å². The number of nitrogens with zero attached hydrogens (tertiary/aromatic N) is 2. The second kappa shape index (κ2) is 8.35. The highest BCUT2D eigenvalue weighted by molar-refractivity contribution is 7.80. The molecule has 1 heterocycles. The van der Waals surface area contributed by atoms with Crippen molar-refractivity contribution < 1.29 is 9.50 Å². The molecule has 0 atom stereocenters. The Morgan fingerprint density at radius 2 is 2.00 bits per heavy atom. The second-order valence-corrected chi connectivity index (χ2v) is 5.22. The molecule has 0 aliphatic rings. The van der Waals surface area contributed by atoms with E-state index in [1.807, 2.05) is 6.92 Å². The number of aliphatic hydroxyl groups is 1. The Morgan fingerprint density at radius 3 is 2.70 bits per heavy atom. The minimum atomic E-state index is -0.295. The van der Waals surface area contributed by atoms with Crippen molar-refractivity contribution in [2.24, 2.45) is 0 Å². The van der Waals surface area contributed by atoms with E-state index in [0.717, 1.165) is 11.4 Å². The van der Waals surface area contributed by atoms with Crippen LogP contribution in [0.3, 0.4) is 0 Å². The molecule has 0 fully saturated rings. The molecule has 0 spiro atoms. The van der Waals surface area contributed by atoms with E-state index in [1.54, 1.807) is 18.2 Å². The van der Waals surface area contributed by atoms with Crippen LogP contribution in [0.1, 0.15) is 12.1 Å². The highest BCUT2D eigenvalue weighted by Gasteiger charge is 2.05. The van der Waals surface area contributed by atoms with Gasteiger partial charge in [0.2, 0.25) is 5.95 Å². The van der Waals surface area contributed by atoms with Crippen LogP contribution in [0.25, 0.3) is 0 Å². The zero-order chi connectivity index (χ0) is 16.7. The summed E-state index contributed by atoms with van der Waals surface area (Å²) < 4.78 is 12.9. The Hall–Kier alpha value is -2.32. The van der Waals surface area contributed by atoms with Crippen LogP contribution < -0.4 is 16.0 Å². The van der Waals surface area contributed by atoms with E-state index in [1.165, 1.54) is 12.1 Å². The van der Waals surface area contributed by atoms with Gasteiger partial charge in [0.05, 0.1) is 0 Å². The highest BCUT2D eigenvalue weighted by Crippen LogP contribution is 2.17. The number of aryl methyl sites for hydroxylation is 1. The maximum Gasteiger partial charge on any atom is 0.231 e. The fraction of sp³-hybridized carbons (Fsp3) is 0.267. The van der Waals surface area contributed by atoms with E-state index in [2.05, 4.69) is 25.9 Å². The summed E-state index contributed by atoms with van der Waals surface area (Å²) in [5.41, 5.74) is 1.48. The lowest BCUT2D eigenvalue weighted by Crippen LogP contribution is -2.30. The Morgan fingerprint density at radius 1 is 1.26 bits per heavy atom. The number of hydrogen-bond acceptors (Lipinski definition) is 5. The topological polar surface area (TPSA) is 82.1 Å². The predicted octanol–water partition coefficient (Wildman–Crippen LogP) is 2.34. The molecule has 0 unspecified atom stereocenters. The number of anilines is 3. The fourth-order valence-corrected chi connectivity index (χ4v) is 1.99. The van der Waals surface area contributed by atoms with Crippen LogP contribution >= 0.6 is 12.2 Å². The molecule has 0 aliphatic carbocycles. The average Bonchev–Trinajstić information content (AvgIpc) is 2.49. The number of thiocarbonyl (C=S) groups is 1. The first-order valence-electron chi connectivity index (χ1n) is 7.11. The summed E-state index contributed by atoms with van der Waals surface area (Å²) in [5, 5.41) is 18.0. The van der Waals surface area contributed by atoms with Crippen LogP contribution in [0.4, 0.5) is 21.8 Å². The lowest BCUT2D eigenvalue weighted by molar-refractivity contribution is 0.289. The van der Waals surface area contributed by atoms with Crippen molar-refractivity contribution in [1.82, 2.24) is 15.3 Å². The second-order valence-electron chi connectivity index (χ2n) is 4.81. The van der Waals surface area contributed by atoms with Gasteiger partial charge in [-0.2, -0.15) is 4.98 Å². The molecule has 1 aromatic heterocycles. The molecule has 0 saturated carbocycles. The maximum absolute atomic E-state index is 12.9. The molecule has 2 aromatic rings. The van der Waals surface area contributed by atoms with Gasteiger partial charge in [-0.1, -0.05) is 0 Å². The molecule has 8 heteroatoms. The Balaban J connectivity index is 2.03. The summed E-state index contributed by atoms with van der Waals surface area (Å²) >= 11 is 5.13. The SMILES string of the molecule is Cc1cc(Nc2ccc(F)cc2)nc(NC(=S)NCCCO)n1. The zero-order valence-electron chi connectivity index (χ0n) is 12.6. The van der Waals surface area contributed by atoms with Gasteiger partial charge < -0.3 is 21.1 Å². The third-order valence-corrected chi connectivity index (χ3v) is 3.06. The summed E-state index contributed by atoms with van der Waals surface area (Å²) in [4.78, 5) is 8.57. The summed E-state index contributed by atoms with van der Waals surface area (Å²) in [7, 11) is 0. The van der Waals surface area contributed by atoms with Crippen LogP contribution in [-0.2, 0) is 0 Å². The third-order valence-electron chi connectivity index (χ3n) is 2.82. The minimum Gasteiger partial charge on any atom is -0.396 e. The van der Waals surface area contributed by atoms with E-state index < -0.39 is 0 Å². The summed E-state index contributed by atoms with van der Waals surface area (Å²) in [6.07, 6.45) is 0.605. The molecular weight excluding hydrogens is 317 g/mol. The number of aromatic nitrogens is 2. The average molecular weight is 335 g/mol. The highest BCUT2D eigenvalue weighted by atomic mass is 32.1. The van der Waals surface area contributed by atoms with Crippen LogP contribution in [0.15, 0.2) is 30.3 Å². The number of rotatable bonds is 6. The van der Waals surface area contributed by atoms with Gasteiger partial charge in [0.1, 0.15) is 11.6 Å². The van der Waals surface area contributed by atoms with Gasteiger partial charge in [0, 0.05) is 30.6 Å². The first-order chi connectivity index (χ1) is 11.1. The van der Waals surface area contributed by atoms with E-state index >= 15 is 0 Å². The Bertz CT molecular complexity index is 665. The number of aliphatic hydroxyl groups excluding tert-OH is 1. The molecular formula is C15H18FN5OS. The van der Waals surface area contributed by atoms with Crippen molar-refractivity contribution in [2.75, 3.05) is 23.8 Å². The Labute approximate surface area is 139 Å². The van der Waals surface area contributed by atoms with Crippen LogP contribution in [0.2, 0.25) is 0 Å². The number of halogens is 1. The standard InChI is InChI=1S/C15H18FN5OS/c1-10-9-13(19-12-5-3-11(16)4-6-12)20-14(18-10)21-15(23)17-7-2-8-22/h3-6,9,22H,2,7-8H2,1H3,(H3,17,18,19,20,21,23). The number of hydrogen-bond donors (Lipinski definition) is 4. The fourth-order valence-electron chi connectivity index (χ4n) is 1.80. The molecule has 1 aromatic carbocycles. The van der Waals surface area contributed by atoms with E-state index in [4.69, 9.17) is 17.3 Å².